The minimum atomic E-state index is -0.136. The molecule has 0 unspecified atom stereocenters. The number of anilines is 1. The van der Waals surface area contributed by atoms with Crippen molar-refractivity contribution >= 4 is 23.4 Å². The third-order valence-corrected chi connectivity index (χ3v) is 4.97. The van der Waals surface area contributed by atoms with E-state index < -0.39 is 0 Å². The Kier molecular flexibility index (Phi) is 6.71. The first-order valence-corrected chi connectivity index (χ1v) is 10.1. The molecule has 146 valence electrons. The lowest BCUT2D eigenvalue weighted by Gasteiger charge is -2.06. The van der Waals surface area contributed by atoms with Gasteiger partial charge in [-0.25, -0.2) is 0 Å². The topological polar surface area (TPSA) is 77.2 Å². The predicted octanol–water partition coefficient (Wildman–Crippen LogP) is 4.41. The SMILES string of the molecule is CCOc1ccc(NC(=O)CSc2nnc(Cc3ccc(C)c(C)c3)o2)cc1. The van der Waals surface area contributed by atoms with Gasteiger partial charge in [0, 0.05) is 5.69 Å². The third-order valence-electron chi connectivity index (χ3n) is 4.15. The fourth-order valence-corrected chi connectivity index (χ4v) is 3.16. The molecule has 0 aliphatic heterocycles. The van der Waals surface area contributed by atoms with Gasteiger partial charge in [0.25, 0.3) is 5.22 Å². The molecular weight excluding hydrogens is 374 g/mol. The summed E-state index contributed by atoms with van der Waals surface area (Å²) in [5.74, 6) is 1.37. The molecule has 7 heteroatoms. The zero-order chi connectivity index (χ0) is 19.9. The molecule has 1 aromatic heterocycles. The molecule has 0 bridgehead atoms. The van der Waals surface area contributed by atoms with Crippen molar-refractivity contribution in [1.29, 1.82) is 0 Å². The highest BCUT2D eigenvalue weighted by molar-refractivity contribution is 7.99. The Labute approximate surface area is 168 Å². The van der Waals surface area contributed by atoms with Crippen LogP contribution in [-0.4, -0.2) is 28.5 Å². The number of hydrogen-bond donors (Lipinski definition) is 1. The van der Waals surface area contributed by atoms with Crippen LogP contribution in [0.25, 0.3) is 0 Å². The van der Waals surface area contributed by atoms with E-state index in [0.717, 1.165) is 17.0 Å². The van der Waals surface area contributed by atoms with Crippen molar-refractivity contribution in [2.75, 3.05) is 17.7 Å². The maximum Gasteiger partial charge on any atom is 0.277 e. The minimum Gasteiger partial charge on any atom is -0.494 e. The van der Waals surface area contributed by atoms with Gasteiger partial charge in [-0.05, 0) is 61.7 Å². The summed E-state index contributed by atoms with van der Waals surface area (Å²) in [7, 11) is 0. The number of amides is 1. The van der Waals surface area contributed by atoms with Gasteiger partial charge in [-0.2, -0.15) is 0 Å². The number of rotatable bonds is 8. The molecule has 28 heavy (non-hydrogen) atoms. The maximum absolute atomic E-state index is 12.1. The van der Waals surface area contributed by atoms with Gasteiger partial charge < -0.3 is 14.5 Å². The van der Waals surface area contributed by atoms with Gasteiger partial charge in [-0.1, -0.05) is 30.0 Å². The number of carbonyl (C=O) groups is 1. The summed E-state index contributed by atoms with van der Waals surface area (Å²) in [5, 5.41) is 11.3. The smallest absolute Gasteiger partial charge is 0.277 e. The van der Waals surface area contributed by atoms with E-state index in [2.05, 4.69) is 47.6 Å². The summed E-state index contributed by atoms with van der Waals surface area (Å²) in [5.41, 5.74) is 4.33. The van der Waals surface area contributed by atoms with Crippen LogP contribution in [-0.2, 0) is 11.2 Å². The molecule has 0 aliphatic carbocycles. The Hall–Kier alpha value is -2.80. The number of aromatic nitrogens is 2. The first kappa shape index (κ1) is 19.9. The van der Waals surface area contributed by atoms with Gasteiger partial charge in [0.1, 0.15) is 5.75 Å². The molecule has 0 saturated heterocycles. The van der Waals surface area contributed by atoms with Gasteiger partial charge in [0.2, 0.25) is 11.8 Å². The average Bonchev–Trinajstić information content (AvgIpc) is 3.12. The minimum absolute atomic E-state index is 0.136. The van der Waals surface area contributed by atoms with Crippen LogP contribution < -0.4 is 10.1 Å². The first-order chi connectivity index (χ1) is 13.5. The highest BCUT2D eigenvalue weighted by atomic mass is 32.2. The molecule has 0 spiro atoms. The lowest BCUT2D eigenvalue weighted by atomic mass is 10.0. The molecule has 3 rings (SSSR count). The largest absolute Gasteiger partial charge is 0.494 e. The maximum atomic E-state index is 12.1. The Morgan fingerprint density at radius 1 is 1.11 bits per heavy atom. The van der Waals surface area contributed by atoms with Gasteiger partial charge in [-0.3, -0.25) is 4.79 Å². The van der Waals surface area contributed by atoms with E-state index in [0.29, 0.717) is 24.1 Å². The van der Waals surface area contributed by atoms with E-state index >= 15 is 0 Å². The highest BCUT2D eigenvalue weighted by Gasteiger charge is 2.11. The Balaban J connectivity index is 1.49. The molecule has 0 saturated carbocycles. The number of hydrogen-bond acceptors (Lipinski definition) is 6. The number of ether oxygens (including phenoxy) is 1. The van der Waals surface area contributed by atoms with Crippen molar-refractivity contribution in [1.82, 2.24) is 10.2 Å². The second-order valence-electron chi connectivity index (χ2n) is 6.35. The quantitative estimate of drug-likeness (QED) is 0.568. The Bertz CT molecular complexity index is 938. The number of nitrogens with one attached hydrogen (secondary N) is 1. The predicted molar refractivity (Wildman–Crippen MR) is 110 cm³/mol. The van der Waals surface area contributed by atoms with Crippen LogP contribution in [0.1, 0.15) is 29.5 Å². The lowest BCUT2D eigenvalue weighted by molar-refractivity contribution is -0.113. The second kappa shape index (κ2) is 9.41. The van der Waals surface area contributed by atoms with Crippen LogP contribution in [0.2, 0.25) is 0 Å². The number of aryl methyl sites for hydroxylation is 2. The molecule has 0 fully saturated rings. The van der Waals surface area contributed by atoms with Crippen molar-refractivity contribution < 1.29 is 13.9 Å². The molecule has 3 aromatic rings. The summed E-state index contributed by atoms with van der Waals surface area (Å²) in [6.45, 7) is 6.70. The zero-order valence-corrected chi connectivity index (χ0v) is 17.0. The fourth-order valence-electron chi connectivity index (χ4n) is 2.58. The number of nitrogens with zero attached hydrogens (tertiary/aromatic N) is 2. The molecule has 6 nitrogen and oxygen atoms in total. The summed E-state index contributed by atoms with van der Waals surface area (Å²) < 4.78 is 11.0. The fraction of sp³-hybridized carbons (Fsp3) is 0.286. The van der Waals surface area contributed by atoms with E-state index in [9.17, 15) is 4.79 Å². The second-order valence-corrected chi connectivity index (χ2v) is 7.28. The van der Waals surface area contributed by atoms with E-state index in [4.69, 9.17) is 9.15 Å². The number of benzene rings is 2. The molecular formula is C21H23N3O3S. The van der Waals surface area contributed by atoms with E-state index in [-0.39, 0.29) is 11.7 Å². The highest BCUT2D eigenvalue weighted by Crippen LogP contribution is 2.20. The zero-order valence-electron chi connectivity index (χ0n) is 16.2. The van der Waals surface area contributed by atoms with E-state index in [1.807, 2.05) is 31.2 Å². The average molecular weight is 398 g/mol. The van der Waals surface area contributed by atoms with Crippen LogP contribution in [0.15, 0.2) is 52.1 Å². The van der Waals surface area contributed by atoms with E-state index in [1.54, 1.807) is 0 Å². The van der Waals surface area contributed by atoms with Crippen LogP contribution in [0, 0.1) is 13.8 Å². The van der Waals surface area contributed by atoms with Crippen molar-refractivity contribution in [3.8, 4) is 5.75 Å². The van der Waals surface area contributed by atoms with Crippen molar-refractivity contribution in [2.45, 2.75) is 32.4 Å². The molecule has 1 N–H and O–H groups in total. The molecule has 2 aromatic carbocycles. The molecule has 0 aliphatic rings. The van der Waals surface area contributed by atoms with Crippen molar-refractivity contribution in [3.05, 3.63) is 65.0 Å². The monoisotopic (exact) mass is 397 g/mol. The van der Waals surface area contributed by atoms with Crippen LogP contribution in [0.5, 0.6) is 5.75 Å². The van der Waals surface area contributed by atoms with Crippen molar-refractivity contribution in [2.24, 2.45) is 0 Å². The Morgan fingerprint density at radius 2 is 1.89 bits per heavy atom. The summed E-state index contributed by atoms with van der Waals surface area (Å²) in [6.07, 6.45) is 0.576. The number of carbonyl (C=O) groups excluding carboxylic acids is 1. The first-order valence-electron chi connectivity index (χ1n) is 9.07. The normalized spacial score (nSPS) is 10.7. The van der Waals surface area contributed by atoms with Gasteiger partial charge in [0.05, 0.1) is 18.8 Å². The van der Waals surface area contributed by atoms with Crippen LogP contribution in [0.3, 0.4) is 0 Å². The van der Waals surface area contributed by atoms with Crippen LogP contribution >= 0.6 is 11.8 Å². The van der Waals surface area contributed by atoms with Gasteiger partial charge in [0.15, 0.2) is 0 Å². The molecule has 1 amide bonds. The standard InChI is InChI=1S/C21H23N3O3S/c1-4-26-18-9-7-17(8-10-18)22-19(25)13-28-21-24-23-20(27-21)12-16-6-5-14(2)15(3)11-16/h5-11H,4,12-13H2,1-3H3,(H,22,25). The summed E-state index contributed by atoms with van der Waals surface area (Å²) >= 11 is 1.22. The van der Waals surface area contributed by atoms with Crippen molar-refractivity contribution in [3.63, 3.8) is 0 Å². The molecule has 1 heterocycles. The summed E-state index contributed by atoms with van der Waals surface area (Å²) in [6, 6.07) is 13.5. The summed E-state index contributed by atoms with van der Waals surface area (Å²) in [4.78, 5) is 12.1. The van der Waals surface area contributed by atoms with E-state index in [1.165, 1.54) is 22.9 Å². The number of thioether (sulfide) groups is 1. The molecule has 0 radical (unpaired) electrons. The van der Waals surface area contributed by atoms with Crippen LogP contribution in [0.4, 0.5) is 5.69 Å². The molecule has 0 atom stereocenters. The third kappa shape index (κ3) is 5.60. The Morgan fingerprint density at radius 3 is 2.61 bits per heavy atom. The van der Waals surface area contributed by atoms with Gasteiger partial charge in [-0.15, -0.1) is 10.2 Å². The van der Waals surface area contributed by atoms with Gasteiger partial charge >= 0.3 is 0 Å². The lowest BCUT2D eigenvalue weighted by Crippen LogP contribution is -2.13.